The van der Waals surface area contributed by atoms with Crippen LogP contribution in [0.1, 0.15) is 25.5 Å². The van der Waals surface area contributed by atoms with E-state index in [0.29, 0.717) is 12.7 Å². The molecule has 2 atom stereocenters. The van der Waals surface area contributed by atoms with Crippen LogP contribution in [0, 0.1) is 0 Å². The summed E-state index contributed by atoms with van der Waals surface area (Å²) in [5.41, 5.74) is 1.02. The summed E-state index contributed by atoms with van der Waals surface area (Å²) >= 11 is 0. The lowest BCUT2D eigenvalue weighted by Gasteiger charge is -2.12. The van der Waals surface area contributed by atoms with Crippen LogP contribution in [0.3, 0.4) is 0 Å². The first-order chi connectivity index (χ1) is 8.28. The van der Waals surface area contributed by atoms with Crippen molar-refractivity contribution in [1.82, 2.24) is 10.3 Å². The summed E-state index contributed by atoms with van der Waals surface area (Å²) in [5.74, 6) is 0.813. The number of aromatic nitrogens is 1. The summed E-state index contributed by atoms with van der Waals surface area (Å²) in [5, 5.41) is 3.06. The highest BCUT2D eigenvalue weighted by Gasteiger charge is 2.22. The quantitative estimate of drug-likeness (QED) is 0.846. The van der Waals surface area contributed by atoms with Crippen LogP contribution in [-0.4, -0.2) is 30.8 Å². The zero-order valence-electron chi connectivity index (χ0n) is 10.5. The molecule has 4 heteroatoms. The van der Waals surface area contributed by atoms with Crippen LogP contribution >= 0.6 is 0 Å². The molecule has 0 saturated carbocycles. The van der Waals surface area contributed by atoms with Crippen molar-refractivity contribution in [2.24, 2.45) is 0 Å². The standard InChI is InChI=1S/C13H20N2O2/c1-10-3-5-13(17-10)9-16-12-6-4-11(7-14-2)15-8-12/h4,6,8,10,13-14H,3,5,7,9H2,1-2H3. The van der Waals surface area contributed by atoms with E-state index in [9.17, 15) is 0 Å². The van der Waals surface area contributed by atoms with Crippen molar-refractivity contribution < 1.29 is 9.47 Å². The first-order valence-corrected chi connectivity index (χ1v) is 6.15. The van der Waals surface area contributed by atoms with Gasteiger partial charge in [-0.2, -0.15) is 0 Å². The number of hydrogen-bond donors (Lipinski definition) is 1. The average Bonchev–Trinajstić information content (AvgIpc) is 2.75. The van der Waals surface area contributed by atoms with Crippen molar-refractivity contribution in [3.05, 3.63) is 24.0 Å². The van der Waals surface area contributed by atoms with Gasteiger partial charge in [0.05, 0.1) is 24.1 Å². The Morgan fingerprint density at radius 2 is 2.35 bits per heavy atom. The van der Waals surface area contributed by atoms with E-state index < -0.39 is 0 Å². The molecule has 17 heavy (non-hydrogen) atoms. The van der Waals surface area contributed by atoms with Gasteiger partial charge in [-0.3, -0.25) is 4.98 Å². The highest BCUT2D eigenvalue weighted by atomic mass is 16.5. The smallest absolute Gasteiger partial charge is 0.137 e. The van der Waals surface area contributed by atoms with Gasteiger partial charge in [-0.05, 0) is 38.9 Å². The molecule has 1 aromatic heterocycles. The summed E-state index contributed by atoms with van der Waals surface area (Å²) in [6, 6.07) is 3.93. The lowest BCUT2D eigenvalue weighted by Crippen LogP contribution is -2.18. The number of rotatable bonds is 5. The third-order valence-corrected chi connectivity index (χ3v) is 2.91. The maximum atomic E-state index is 5.69. The average molecular weight is 236 g/mol. The third kappa shape index (κ3) is 3.68. The molecule has 0 amide bonds. The fourth-order valence-electron chi connectivity index (χ4n) is 1.98. The molecule has 2 unspecified atom stereocenters. The molecule has 0 bridgehead atoms. The fourth-order valence-corrected chi connectivity index (χ4v) is 1.98. The summed E-state index contributed by atoms with van der Waals surface area (Å²) in [7, 11) is 1.91. The Bertz CT molecular complexity index is 340. The minimum atomic E-state index is 0.238. The first-order valence-electron chi connectivity index (χ1n) is 6.15. The SMILES string of the molecule is CNCc1ccc(OCC2CCC(C)O2)cn1. The first kappa shape index (κ1) is 12.3. The van der Waals surface area contributed by atoms with E-state index in [4.69, 9.17) is 9.47 Å². The van der Waals surface area contributed by atoms with Crippen molar-refractivity contribution in [2.75, 3.05) is 13.7 Å². The highest BCUT2D eigenvalue weighted by Crippen LogP contribution is 2.20. The van der Waals surface area contributed by atoms with Gasteiger partial charge in [0.25, 0.3) is 0 Å². The molecule has 1 N–H and O–H groups in total. The number of nitrogens with one attached hydrogen (secondary N) is 1. The Hall–Kier alpha value is -1.13. The van der Waals surface area contributed by atoms with E-state index in [0.717, 1.165) is 30.8 Å². The molecule has 1 fully saturated rings. The van der Waals surface area contributed by atoms with Gasteiger partial charge in [-0.25, -0.2) is 0 Å². The predicted octanol–water partition coefficient (Wildman–Crippen LogP) is 1.75. The Morgan fingerprint density at radius 3 is 2.94 bits per heavy atom. The minimum Gasteiger partial charge on any atom is -0.489 e. The molecule has 2 rings (SSSR count). The molecule has 2 heterocycles. The fraction of sp³-hybridized carbons (Fsp3) is 0.615. The Morgan fingerprint density at radius 1 is 1.47 bits per heavy atom. The normalized spacial score (nSPS) is 23.9. The molecule has 1 aromatic rings. The summed E-state index contributed by atoms with van der Waals surface area (Å²) < 4.78 is 11.4. The van der Waals surface area contributed by atoms with E-state index in [1.165, 1.54) is 0 Å². The van der Waals surface area contributed by atoms with Crippen molar-refractivity contribution >= 4 is 0 Å². The summed E-state index contributed by atoms with van der Waals surface area (Å²) in [6.07, 6.45) is 4.60. The van der Waals surface area contributed by atoms with E-state index in [1.807, 2.05) is 19.2 Å². The molecule has 94 valence electrons. The molecule has 1 aliphatic rings. The number of pyridine rings is 1. The maximum Gasteiger partial charge on any atom is 0.137 e. The Balaban J connectivity index is 1.78. The van der Waals surface area contributed by atoms with E-state index >= 15 is 0 Å². The molecule has 0 spiro atoms. The lowest BCUT2D eigenvalue weighted by molar-refractivity contribution is 0.0264. The molecule has 4 nitrogen and oxygen atoms in total. The number of hydrogen-bond acceptors (Lipinski definition) is 4. The van der Waals surface area contributed by atoms with Crippen LogP contribution in [0.25, 0.3) is 0 Å². The molecular weight excluding hydrogens is 216 g/mol. The van der Waals surface area contributed by atoms with Gasteiger partial charge in [0.2, 0.25) is 0 Å². The maximum absolute atomic E-state index is 5.69. The van der Waals surface area contributed by atoms with Crippen molar-refractivity contribution in [3.63, 3.8) is 0 Å². The van der Waals surface area contributed by atoms with Gasteiger partial charge in [-0.15, -0.1) is 0 Å². The van der Waals surface area contributed by atoms with Crippen LogP contribution < -0.4 is 10.1 Å². The van der Waals surface area contributed by atoms with Gasteiger partial charge in [0.15, 0.2) is 0 Å². The monoisotopic (exact) mass is 236 g/mol. The van der Waals surface area contributed by atoms with Crippen LogP contribution in [0.5, 0.6) is 5.75 Å². The predicted molar refractivity (Wildman–Crippen MR) is 66.1 cm³/mol. The number of nitrogens with zero attached hydrogens (tertiary/aromatic N) is 1. The number of ether oxygens (including phenoxy) is 2. The van der Waals surface area contributed by atoms with Gasteiger partial charge in [-0.1, -0.05) is 0 Å². The van der Waals surface area contributed by atoms with Crippen molar-refractivity contribution in [3.8, 4) is 5.75 Å². The van der Waals surface area contributed by atoms with E-state index in [1.54, 1.807) is 6.20 Å². The van der Waals surface area contributed by atoms with Gasteiger partial charge >= 0.3 is 0 Å². The third-order valence-electron chi connectivity index (χ3n) is 2.91. The highest BCUT2D eigenvalue weighted by molar-refractivity contribution is 5.19. The molecule has 0 aromatic carbocycles. The minimum absolute atomic E-state index is 0.238. The Labute approximate surface area is 102 Å². The van der Waals surface area contributed by atoms with Crippen LogP contribution in [-0.2, 0) is 11.3 Å². The van der Waals surface area contributed by atoms with Crippen molar-refractivity contribution in [1.29, 1.82) is 0 Å². The lowest BCUT2D eigenvalue weighted by atomic mass is 10.2. The zero-order valence-corrected chi connectivity index (χ0v) is 10.5. The Kier molecular flexibility index (Phi) is 4.34. The van der Waals surface area contributed by atoms with Gasteiger partial charge < -0.3 is 14.8 Å². The van der Waals surface area contributed by atoms with Gasteiger partial charge in [0, 0.05) is 6.54 Å². The van der Waals surface area contributed by atoms with E-state index in [2.05, 4.69) is 17.2 Å². The molecule has 1 saturated heterocycles. The van der Waals surface area contributed by atoms with Crippen LogP contribution in [0.15, 0.2) is 18.3 Å². The largest absolute Gasteiger partial charge is 0.489 e. The second-order valence-electron chi connectivity index (χ2n) is 4.47. The van der Waals surface area contributed by atoms with Crippen molar-refractivity contribution in [2.45, 2.75) is 38.5 Å². The summed E-state index contributed by atoms with van der Waals surface area (Å²) in [6.45, 7) is 3.51. The van der Waals surface area contributed by atoms with E-state index in [-0.39, 0.29) is 6.10 Å². The molecule has 0 radical (unpaired) electrons. The second kappa shape index (κ2) is 5.98. The van der Waals surface area contributed by atoms with Crippen LogP contribution in [0.4, 0.5) is 0 Å². The topological polar surface area (TPSA) is 43.4 Å². The van der Waals surface area contributed by atoms with Crippen LogP contribution in [0.2, 0.25) is 0 Å². The molecular formula is C13H20N2O2. The van der Waals surface area contributed by atoms with Gasteiger partial charge in [0.1, 0.15) is 12.4 Å². The zero-order chi connectivity index (χ0) is 12.1. The molecule has 1 aliphatic heterocycles. The molecule has 0 aliphatic carbocycles. The summed E-state index contributed by atoms with van der Waals surface area (Å²) in [4.78, 5) is 4.30. The second-order valence-corrected chi connectivity index (χ2v) is 4.47.